The van der Waals surface area contributed by atoms with E-state index in [0.717, 1.165) is 17.8 Å². The minimum Gasteiger partial charge on any atom is -0.316 e. The van der Waals surface area contributed by atoms with Gasteiger partial charge in [-0.3, -0.25) is 0 Å². The Kier molecular flexibility index (Phi) is 7.42. The third-order valence-corrected chi connectivity index (χ3v) is 4.92. The maximum absolute atomic E-state index is 3.66. The number of nitrogens with one attached hydrogen (secondary N) is 1. The Labute approximate surface area is 121 Å². The average molecular weight is 268 g/mol. The summed E-state index contributed by atoms with van der Waals surface area (Å²) in [6.45, 7) is 14.3. The highest BCUT2D eigenvalue weighted by Gasteiger charge is 2.30. The molecule has 0 amide bonds. The van der Waals surface area contributed by atoms with Gasteiger partial charge in [0.25, 0.3) is 0 Å². The second-order valence-corrected chi connectivity index (χ2v) is 7.91. The highest BCUT2D eigenvalue weighted by atomic mass is 14.9. The van der Waals surface area contributed by atoms with Crippen LogP contribution in [-0.2, 0) is 0 Å². The first-order valence-corrected chi connectivity index (χ1v) is 8.67. The standard InChI is InChI=1S/C18H37N/c1-6-12-19-14-17-9-8-15(7-2)13-16(17)10-11-18(3,4)5/h15-17,19H,6-14H2,1-5H3. The molecule has 0 aliphatic heterocycles. The summed E-state index contributed by atoms with van der Waals surface area (Å²) < 4.78 is 0. The lowest BCUT2D eigenvalue weighted by molar-refractivity contribution is 0.147. The van der Waals surface area contributed by atoms with Gasteiger partial charge in [0.05, 0.1) is 0 Å². The molecule has 0 aromatic heterocycles. The molecular formula is C18H37N. The lowest BCUT2D eigenvalue weighted by Gasteiger charge is -2.37. The number of rotatable bonds is 7. The highest BCUT2D eigenvalue weighted by Crippen LogP contribution is 2.39. The van der Waals surface area contributed by atoms with E-state index in [4.69, 9.17) is 0 Å². The van der Waals surface area contributed by atoms with Gasteiger partial charge in [0.1, 0.15) is 0 Å². The van der Waals surface area contributed by atoms with Gasteiger partial charge in [0.15, 0.2) is 0 Å². The summed E-state index contributed by atoms with van der Waals surface area (Å²) in [6.07, 6.45) is 9.91. The van der Waals surface area contributed by atoms with Gasteiger partial charge in [-0.1, -0.05) is 47.5 Å². The summed E-state index contributed by atoms with van der Waals surface area (Å²) in [4.78, 5) is 0. The van der Waals surface area contributed by atoms with Gasteiger partial charge < -0.3 is 5.32 Å². The molecule has 114 valence electrons. The van der Waals surface area contributed by atoms with Crippen molar-refractivity contribution in [2.45, 2.75) is 79.6 Å². The lowest BCUT2D eigenvalue weighted by Crippen LogP contribution is -2.34. The summed E-state index contributed by atoms with van der Waals surface area (Å²) >= 11 is 0. The molecule has 1 heteroatoms. The minimum atomic E-state index is 0.501. The van der Waals surface area contributed by atoms with Gasteiger partial charge >= 0.3 is 0 Å². The molecular weight excluding hydrogens is 230 g/mol. The Bertz CT molecular complexity index is 226. The summed E-state index contributed by atoms with van der Waals surface area (Å²) in [5.41, 5.74) is 0.501. The smallest absolute Gasteiger partial charge is 0.00179 e. The lowest BCUT2D eigenvalue weighted by atomic mass is 9.70. The largest absolute Gasteiger partial charge is 0.316 e. The molecule has 1 rings (SSSR count). The Hall–Kier alpha value is -0.0400. The zero-order valence-corrected chi connectivity index (χ0v) is 14.1. The van der Waals surface area contributed by atoms with E-state index in [1.54, 1.807) is 0 Å². The van der Waals surface area contributed by atoms with Crippen LogP contribution in [0.1, 0.15) is 79.6 Å². The Balaban J connectivity index is 2.46. The molecule has 0 heterocycles. The van der Waals surface area contributed by atoms with Crippen LogP contribution < -0.4 is 5.32 Å². The van der Waals surface area contributed by atoms with Crippen molar-refractivity contribution in [3.05, 3.63) is 0 Å². The van der Waals surface area contributed by atoms with Gasteiger partial charge in [-0.2, -0.15) is 0 Å². The van der Waals surface area contributed by atoms with E-state index in [0.29, 0.717) is 5.41 Å². The topological polar surface area (TPSA) is 12.0 Å². The molecule has 1 aliphatic carbocycles. The molecule has 0 aromatic carbocycles. The fraction of sp³-hybridized carbons (Fsp3) is 1.00. The first-order valence-electron chi connectivity index (χ1n) is 8.67. The van der Waals surface area contributed by atoms with Crippen molar-refractivity contribution in [2.75, 3.05) is 13.1 Å². The van der Waals surface area contributed by atoms with Crippen LogP contribution in [0.25, 0.3) is 0 Å². The van der Waals surface area contributed by atoms with E-state index in [9.17, 15) is 0 Å². The molecule has 0 saturated heterocycles. The van der Waals surface area contributed by atoms with Crippen molar-refractivity contribution in [2.24, 2.45) is 23.2 Å². The monoisotopic (exact) mass is 267 g/mol. The molecule has 0 bridgehead atoms. The molecule has 1 N–H and O–H groups in total. The molecule has 0 aromatic rings. The Morgan fingerprint density at radius 2 is 1.79 bits per heavy atom. The predicted molar refractivity (Wildman–Crippen MR) is 86.5 cm³/mol. The third-order valence-electron chi connectivity index (χ3n) is 4.92. The maximum atomic E-state index is 3.66. The van der Waals surface area contributed by atoms with Crippen molar-refractivity contribution in [3.8, 4) is 0 Å². The fourth-order valence-electron chi connectivity index (χ4n) is 3.50. The summed E-state index contributed by atoms with van der Waals surface area (Å²) in [7, 11) is 0. The molecule has 1 aliphatic rings. The van der Waals surface area contributed by atoms with Gasteiger partial charge in [-0.25, -0.2) is 0 Å². The Morgan fingerprint density at radius 3 is 2.37 bits per heavy atom. The highest BCUT2D eigenvalue weighted by molar-refractivity contribution is 4.82. The molecule has 3 unspecified atom stereocenters. The molecule has 1 fully saturated rings. The first kappa shape index (κ1) is 17.0. The van der Waals surface area contributed by atoms with E-state index in [2.05, 4.69) is 39.9 Å². The summed E-state index contributed by atoms with van der Waals surface area (Å²) in [5.74, 6) is 2.92. The number of hydrogen-bond donors (Lipinski definition) is 1. The van der Waals surface area contributed by atoms with E-state index in [1.165, 1.54) is 58.0 Å². The summed E-state index contributed by atoms with van der Waals surface area (Å²) in [5, 5.41) is 3.66. The van der Waals surface area contributed by atoms with E-state index < -0.39 is 0 Å². The fourth-order valence-corrected chi connectivity index (χ4v) is 3.50. The average Bonchev–Trinajstić information content (AvgIpc) is 2.36. The minimum absolute atomic E-state index is 0.501. The number of hydrogen-bond acceptors (Lipinski definition) is 1. The predicted octanol–water partition coefficient (Wildman–Crippen LogP) is 5.25. The second kappa shape index (κ2) is 8.29. The van der Waals surface area contributed by atoms with Crippen LogP contribution in [0.3, 0.4) is 0 Å². The third kappa shape index (κ3) is 6.79. The quantitative estimate of drug-likeness (QED) is 0.621. The maximum Gasteiger partial charge on any atom is -0.00179 e. The van der Waals surface area contributed by atoms with Crippen LogP contribution in [0.15, 0.2) is 0 Å². The van der Waals surface area contributed by atoms with Crippen molar-refractivity contribution in [1.82, 2.24) is 5.32 Å². The normalized spacial score (nSPS) is 28.6. The van der Waals surface area contributed by atoms with Gasteiger partial charge in [-0.05, 0) is 68.4 Å². The zero-order chi connectivity index (χ0) is 14.3. The van der Waals surface area contributed by atoms with Crippen LogP contribution in [0.2, 0.25) is 0 Å². The van der Waals surface area contributed by atoms with Crippen LogP contribution in [0, 0.1) is 23.2 Å². The van der Waals surface area contributed by atoms with Crippen LogP contribution in [0.4, 0.5) is 0 Å². The zero-order valence-electron chi connectivity index (χ0n) is 14.1. The van der Waals surface area contributed by atoms with Gasteiger partial charge in [0, 0.05) is 0 Å². The van der Waals surface area contributed by atoms with E-state index >= 15 is 0 Å². The Morgan fingerprint density at radius 1 is 1.05 bits per heavy atom. The first-order chi connectivity index (χ1) is 8.96. The van der Waals surface area contributed by atoms with Gasteiger partial charge in [0.2, 0.25) is 0 Å². The molecule has 0 spiro atoms. The van der Waals surface area contributed by atoms with Crippen molar-refractivity contribution in [3.63, 3.8) is 0 Å². The van der Waals surface area contributed by atoms with E-state index in [-0.39, 0.29) is 0 Å². The summed E-state index contributed by atoms with van der Waals surface area (Å²) in [6, 6.07) is 0. The molecule has 1 saturated carbocycles. The van der Waals surface area contributed by atoms with Crippen LogP contribution in [-0.4, -0.2) is 13.1 Å². The molecule has 19 heavy (non-hydrogen) atoms. The van der Waals surface area contributed by atoms with Crippen molar-refractivity contribution < 1.29 is 0 Å². The second-order valence-electron chi connectivity index (χ2n) is 7.91. The van der Waals surface area contributed by atoms with Crippen molar-refractivity contribution in [1.29, 1.82) is 0 Å². The molecule has 0 radical (unpaired) electrons. The SMILES string of the molecule is CCCNCC1CCC(CC)CC1CCC(C)(C)C. The van der Waals surface area contributed by atoms with E-state index in [1.807, 2.05) is 0 Å². The molecule has 3 atom stereocenters. The van der Waals surface area contributed by atoms with Crippen LogP contribution in [0.5, 0.6) is 0 Å². The van der Waals surface area contributed by atoms with Gasteiger partial charge in [-0.15, -0.1) is 0 Å². The van der Waals surface area contributed by atoms with Crippen molar-refractivity contribution >= 4 is 0 Å². The molecule has 1 nitrogen and oxygen atoms in total. The van der Waals surface area contributed by atoms with Crippen LogP contribution >= 0.6 is 0 Å².